The third-order valence-corrected chi connectivity index (χ3v) is 2.49. The Balaban J connectivity index is 2.57. The molecule has 6 heteroatoms. The van der Waals surface area contributed by atoms with Crippen molar-refractivity contribution in [2.45, 2.75) is 37.4 Å². The SMILES string of the molecule is O=C(O)C1(CCC(F)(F)F)CCCN1. The summed E-state index contributed by atoms with van der Waals surface area (Å²) < 4.78 is 35.8. The van der Waals surface area contributed by atoms with E-state index in [0.717, 1.165) is 0 Å². The monoisotopic (exact) mass is 211 g/mol. The minimum atomic E-state index is -4.28. The molecule has 1 aliphatic heterocycles. The Morgan fingerprint density at radius 3 is 2.50 bits per heavy atom. The van der Waals surface area contributed by atoms with E-state index in [1.54, 1.807) is 0 Å². The van der Waals surface area contributed by atoms with Gasteiger partial charge in [-0.25, -0.2) is 0 Å². The molecule has 2 N–H and O–H groups in total. The Morgan fingerprint density at radius 2 is 2.14 bits per heavy atom. The molecule has 1 heterocycles. The summed E-state index contributed by atoms with van der Waals surface area (Å²) in [5.74, 6) is -1.18. The van der Waals surface area contributed by atoms with Crippen LogP contribution < -0.4 is 5.32 Å². The molecule has 0 aliphatic carbocycles. The zero-order valence-corrected chi connectivity index (χ0v) is 7.52. The first kappa shape index (κ1) is 11.3. The van der Waals surface area contributed by atoms with Gasteiger partial charge in [0.2, 0.25) is 0 Å². The molecule has 0 spiro atoms. The smallest absolute Gasteiger partial charge is 0.389 e. The molecule has 0 saturated carbocycles. The first-order valence-electron chi connectivity index (χ1n) is 4.41. The maximum Gasteiger partial charge on any atom is 0.389 e. The summed E-state index contributed by atoms with van der Waals surface area (Å²) in [5, 5.41) is 11.5. The fourth-order valence-corrected chi connectivity index (χ4v) is 1.66. The normalized spacial score (nSPS) is 27.9. The van der Waals surface area contributed by atoms with Gasteiger partial charge >= 0.3 is 12.1 Å². The van der Waals surface area contributed by atoms with Gasteiger partial charge in [-0.3, -0.25) is 4.79 Å². The largest absolute Gasteiger partial charge is 0.480 e. The van der Waals surface area contributed by atoms with Gasteiger partial charge in [-0.2, -0.15) is 13.2 Å². The fourth-order valence-electron chi connectivity index (χ4n) is 1.66. The zero-order valence-electron chi connectivity index (χ0n) is 7.52. The van der Waals surface area contributed by atoms with Gasteiger partial charge in [0.25, 0.3) is 0 Å². The van der Waals surface area contributed by atoms with Crippen LogP contribution in [0.2, 0.25) is 0 Å². The molecule has 0 amide bonds. The first-order chi connectivity index (χ1) is 6.36. The predicted octanol–water partition coefficient (Wildman–Crippen LogP) is 1.54. The number of carbonyl (C=O) groups is 1. The van der Waals surface area contributed by atoms with Crippen LogP contribution in [-0.2, 0) is 4.79 Å². The first-order valence-corrected chi connectivity index (χ1v) is 4.41. The Bertz CT molecular complexity index is 221. The van der Waals surface area contributed by atoms with E-state index in [4.69, 9.17) is 5.11 Å². The van der Waals surface area contributed by atoms with Gasteiger partial charge in [0.1, 0.15) is 5.54 Å². The Hall–Kier alpha value is -0.780. The van der Waals surface area contributed by atoms with Crippen LogP contribution in [0.25, 0.3) is 0 Å². The van der Waals surface area contributed by atoms with Gasteiger partial charge in [0.05, 0.1) is 0 Å². The Labute approximate surface area is 79.3 Å². The maximum atomic E-state index is 11.9. The highest BCUT2D eigenvalue weighted by Gasteiger charge is 2.43. The molecule has 1 unspecified atom stereocenters. The van der Waals surface area contributed by atoms with Gasteiger partial charge in [0.15, 0.2) is 0 Å². The van der Waals surface area contributed by atoms with Crippen molar-refractivity contribution in [1.29, 1.82) is 0 Å². The van der Waals surface area contributed by atoms with Crippen molar-refractivity contribution >= 4 is 5.97 Å². The van der Waals surface area contributed by atoms with Gasteiger partial charge in [0, 0.05) is 6.42 Å². The number of carboxylic acids is 1. The summed E-state index contributed by atoms with van der Waals surface area (Å²) in [5.41, 5.74) is -1.35. The molecule has 0 aromatic heterocycles. The summed E-state index contributed by atoms with van der Waals surface area (Å²) in [4.78, 5) is 10.8. The van der Waals surface area contributed by atoms with E-state index < -0.39 is 24.1 Å². The van der Waals surface area contributed by atoms with E-state index in [1.807, 2.05) is 0 Å². The van der Waals surface area contributed by atoms with Gasteiger partial charge < -0.3 is 10.4 Å². The van der Waals surface area contributed by atoms with E-state index >= 15 is 0 Å². The molecule has 1 aliphatic rings. The van der Waals surface area contributed by atoms with Crippen LogP contribution in [0.15, 0.2) is 0 Å². The topological polar surface area (TPSA) is 49.3 Å². The van der Waals surface area contributed by atoms with E-state index in [1.165, 1.54) is 0 Å². The Morgan fingerprint density at radius 1 is 1.50 bits per heavy atom. The van der Waals surface area contributed by atoms with E-state index in [2.05, 4.69) is 5.32 Å². The lowest BCUT2D eigenvalue weighted by molar-refractivity contribution is -0.152. The van der Waals surface area contributed by atoms with Crippen LogP contribution >= 0.6 is 0 Å². The van der Waals surface area contributed by atoms with Gasteiger partial charge in [-0.1, -0.05) is 0 Å². The molecule has 3 nitrogen and oxygen atoms in total. The summed E-state index contributed by atoms with van der Waals surface area (Å²) in [6.07, 6.45) is -4.83. The van der Waals surface area contributed by atoms with E-state index in [-0.39, 0.29) is 12.8 Å². The van der Waals surface area contributed by atoms with Crippen LogP contribution in [0.3, 0.4) is 0 Å². The number of halogens is 3. The quantitative estimate of drug-likeness (QED) is 0.744. The Kier molecular flexibility index (Phi) is 3.04. The van der Waals surface area contributed by atoms with Crippen molar-refractivity contribution in [3.63, 3.8) is 0 Å². The second-order valence-corrected chi connectivity index (χ2v) is 3.53. The van der Waals surface area contributed by atoms with Crippen molar-refractivity contribution < 1.29 is 23.1 Å². The number of rotatable bonds is 3. The highest BCUT2D eigenvalue weighted by Crippen LogP contribution is 2.30. The number of hydrogen-bond acceptors (Lipinski definition) is 2. The molecule has 82 valence electrons. The van der Waals surface area contributed by atoms with Gasteiger partial charge in [-0.05, 0) is 25.8 Å². The van der Waals surface area contributed by atoms with E-state index in [0.29, 0.717) is 13.0 Å². The third kappa shape index (κ3) is 2.60. The standard InChI is InChI=1S/C8H12F3NO2/c9-8(10,11)4-3-7(6(13)14)2-1-5-12-7/h12H,1-5H2,(H,13,14). The number of nitrogens with one attached hydrogen (secondary N) is 1. The summed E-state index contributed by atoms with van der Waals surface area (Å²) in [6, 6.07) is 0. The molecule has 0 bridgehead atoms. The van der Waals surface area contributed by atoms with E-state index in [9.17, 15) is 18.0 Å². The lowest BCUT2D eigenvalue weighted by Gasteiger charge is -2.24. The van der Waals surface area contributed by atoms with Gasteiger partial charge in [-0.15, -0.1) is 0 Å². The van der Waals surface area contributed by atoms with Crippen molar-refractivity contribution in [2.24, 2.45) is 0 Å². The van der Waals surface area contributed by atoms with Crippen molar-refractivity contribution in [3.8, 4) is 0 Å². The highest BCUT2D eigenvalue weighted by atomic mass is 19.4. The number of carboxylic acid groups (broad SMARTS) is 1. The van der Waals surface area contributed by atoms with Crippen LogP contribution in [0.1, 0.15) is 25.7 Å². The second-order valence-electron chi connectivity index (χ2n) is 3.53. The van der Waals surface area contributed by atoms with Crippen molar-refractivity contribution in [2.75, 3.05) is 6.54 Å². The molecular formula is C8H12F3NO2. The molecule has 0 aromatic rings. The maximum absolute atomic E-state index is 11.9. The lowest BCUT2D eigenvalue weighted by atomic mass is 9.92. The summed E-state index contributed by atoms with van der Waals surface area (Å²) >= 11 is 0. The second kappa shape index (κ2) is 3.76. The average Bonchev–Trinajstić information content (AvgIpc) is 2.48. The minimum absolute atomic E-state index is 0.276. The van der Waals surface area contributed by atoms with Crippen molar-refractivity contribution in [1.82, 2.24) is 5.32 Å². The molecule has 0 radical (unpaired) electrons. The number of hydrogen-bond donors (Lipinski definition) is 2. The van der Waals surface area contributed by atoms with Crippen LogP contribution in [-0.4, -0.2) is 29.3 Å². The van der Waals surface area contributed by atoms with Crippen LogP contribution in [0, 0.1) is 0 Å². The minimum Gasteiger partial charge on any atom is -0.480 e. The number of alkyl halides is 3. The molecule has 14 heavy (non-hydrogen) atoms. The molecule has 1 fully saturated rings. The zero-order chi connectivity index (χ0) is 10.8. The number of aliphatic carboxylic acids is 1. The fraction of sp³-hybridized carbons (Fsp3) is 0.875. The van der Waals surface area contributed by atoms with Crippen LogP contribution in [0.5, 0.6) is 0 Å². The molecule has 1 atom stereocenters. The molecular weight excluding hydrogens is 199 g/mol. The lowest BCUT2D eigenvalue weighted by Crippen LogP contribution is -2.48. The highest BCUT2D eigenvalue weighted by molar-refractivity contribution is 5.79. The summed E-state index contributed by atoms with van der Waals surface area (Å²) in [6.45, 7) is 0.476. The van der Waals surface area contributed by atoms with Crippen molar-refractivity contribution in [3.05, 3.63) is 0 Å². The molecule has 1 rings (SSSR count). The third-order valence-electron chi connectivity index (χ3n) is 2.49. The molecule has 0 aromatic carbocycles. The predicted molar refractivity (Wildman–Crippen MR) is 42.9 cm³/mol. The van der Waals surface area contributed by atoms with Crippen LogP contribution in [0.4, 0.5) is 13.2 Å². The average molecular weight is 211 g/mol. The molecule has 1 saturated heterocycles. The summed E-state index contributed by atoms with van der Waals surface area (Å²) in [7, 11) is 0.